The monoisotopic (exact) mass is 361 g/mol. The number of methoxy groups -OCH3 is 1. The number of hydrogen-bond acceptors (Lipinski definition) is 4. The molecule has 0 unspecified atom stereocenters. The molecule has 140 valence electrons. The molecule has 0 fully saturated rings. The van der Waals surface area contributed by atoms with Gasteiger partial charge in [0, 0.05) is 20.6 Å². The van der Waals surface area contributed by atoms with Crippen molar-refractivity contribution in [2.45, 2.75) is 6.54 Å². The van der Waals surface area contributed by atoms with E-state index in [1.165, 1.54) is 12.1 Å². The van der Waals surface area contributed by atoms with Crippen molar-refractivity contribution in [1.82, 2.24) is 10.2 Å². The first kappa shape index (κ1) is 19.4. The molecule has 0 aromatic heterocycles. The van der Waals surface area contributed by atoms with Gasteiger partial charge in [-0.1, -0.05) is 6.07 Å². The van der Waals surface area contributed by atoms with Crippen LogP contribution in [0.15, 0.2) is 47.5 Å². The van der Waals surface area contributed by atoms with E-state index in [4.69, 9.17) is 9.47 Å². The van der Waals surface area contributed by atoms with Crippen molar-refractivity contribution in [3.8, 4) is 17.2 Å². The van der Waals surface area contributed by atoms with E-state index in [2.05, 4.69) is 10.3 Å². The van der Waals surface area contributed by atoms with Crippen LogP contribution in [0.2, 0.25) is 0 Å². The van der Waals surface area contributed by atoms with Crippen LogP contribution >= 0.6 is 0 Å². The quantitative estimate of drug-likeness (QED) is 0.586. The molecule has 7 heteroatoms. The van der Waals surface area contributed by atoms with Gasteiger partial charge in [0.05, 0.1) is 13.7 Å². The van der Waals surface area contributed by atoms with Crippen LogP contribution in [0.5, 0.6) is 17.2 Å². The largest absolute Gasteiger partial charge is 0.505 e. The summed E-state index contributed by atoms with van der Waals surface area (Å²) in [6.07, 6.45) is 0. The third-order valence-electron chi connectivity index (χ3n) is 3.79. The van der Waals surface area contributed by atoms with Crippen molar-refractivity contribution in [1.29, 1.82) is 0 Å². The van der Waals surface area contributed by atoms with Gasteiger partial charge in [0.1, 0.15) is 18.1 Å². The molecular formula is C19H24FN3O3. The lowest BCUT2D eigenvalue weighted by molar-refractivity contribution is 0.281. The Balaban J connectivity index is 1.80. The molecule has 26 heavy (non-hydrogen) atoms. The van der Waals surface area contributed by atoms with Crippen molar-refractivity contribution < 1.29 is 19.0 Å². The predicted molar refractivity (Wildman–Crippen MR) is 99.4 cm³/mol. The zero-order valence-corrected chi connectivity index (χ0v) is 15.2. The third-order valence-corrected chi connectivity index (χ3v) is 3.79. The molecule has 6 nitrogen and oxygen atoms in total. The molecule has 0 aliphatic heterocycles. The molecule has 0 spiro atoms. The number of aromatic hydroxyl groups is 1. The average molecular weight is 361 g/mol. The Morgan fingerprint density at radius 2 is 1.88 bits per heavy atom. The van der Waals surface area contributed by atoms with Crippen molar-refractivity contribution in [3.05, 3.63) is 53.8 Å². The van der Waals surface area contributed by atoms with Crippen LogP contribution in [-0.2, 0) is 6.54 Å². The number of hydrogen-bond donors (Lipinski definition) is 2. The number of nitrogens with one attached hydrogen (secondary N) is 1. The number of phenols is 1. The lowest BCUT2D eigenvalue weighted by Crippen LogP contribution is -2.40. The Labute approximate surface area is 152 Å². The van der Waals surface area contributed by atoms with Crippen molar-refractivity contribution in [2.24, 2.45) is 4.99 Å². The minimum absolute atomic E-state index is 0.356. The van der Waals surface area contributed by atoms with Gasteiger partial charge in [0.15, 0.2) is 17.5 Å². The van der Waals surface area contributed by atoms with Crippen LogP contribution in [0.3, 0.4) is 0 Å². The molecule has 0 radical (unpaired) electrons. The van der Waals surface area contributed by atoms with Crippen molar-refractivity contribution >= 4 is 5.96 Å². The minimum atomic E-state index is -0.638. The normalized spacial score (nSPS) is 11.2. The first-order valence-electron chi connectivity index (χ1n) is 8.19. The van der Waals surface area contributed by atoms with Gasteiger partial charge in [-0.3, -0.25) is 4.99 Å². The van der Waals surface area contributed by atoms with Gasteiger partial charge in [-0.25, -0.2) is 4.39 Å². The Hall–Kier alpha value is -2.96. The fraction of sp³-hybridized carbons (Fsp3) is 0.316. The Morgan fingerprint density at radius 3 is 2.50 bits per heavy atom. The number of nitrogens with zero attached hydrogens (tertiary/aromatic N) is 2. The van der Waals surface area contributed by atoms with Gasteiger partial charge in [0.25, 0.3) is 0 Å². The van der Waals surface area contributed by atoms with E-state index in [0.29, 0.717) is 31.2 Å². The summed E-state index contributed by atoms with van der Waals surface area (Å²) in [7, 11) is 5.20. The van der Waals surface area contributed by atoms with Crippen LogP contribution in [0.1, 0.15) is 5.56 Å². The molecule has 0 saturated carbocycles. The lowest BCUT2D eigenvalue weighted by Gasteiger charge is -2.22. The highest BCUT2D eigenvalue weighted by molar-refractivity contribution is 5.79. The second-order valence-corrected chi connectivity index (χ2v) is 5.63. The smallest absolute Gasteiger partial charge is 0.193 e. The second-order valence-electron chi connectivity index (χ2n) is 5.63. The summed E-state index contributed by atoms with van der Waals surface area (Å²) in [5.74, 6) is 1.22. The maximum Gasteiger partial charge on any atom is 0.193 e. The van der Waals surface area contributed by atoms with Crippen LogP contribution < -0.4 is 14.8 Å². The molecule has 2 aromatic carbocycles. The number of benzene rings is 2. The highest BCUT2D eigenvalue weighted by atomic mass is 19.1. The summed E-state index contributed by atoms with van der Waals surface area (Å²) in [6.45, 7) is 1.50. The molecular weight excluding hydrogens is 337 g/mol. The van der Waals surface area contributed by atoms with E-state index in [-0.39, 0.29) is 5.75 Å². The summed E-state index contributed by atoms with van der Waals surface area (Å²) in [5.41, 5.74) is 0.712. The number of aliphatic imine (C=N–C) groups is 1. The fourth-order valence-electron chi connectivity index (χ4n) is 2.30. The standard InChI is InChI=1S/C19H24FN3O3/c1-21-19(22-13-14-4-9-18(24)17(20)12-14)23(2)10-11-26-16-7-5-15(25-3)6-8-16/h4-9,12,24H,10-11,13H2,1-3H3,(H,21,22). The summed E-state index contributed by atoms with van der Waals surface area (Å²) < 4.78 is 24.2. The van der Waals surface area contributed by atoms with Crippen LogP contribution in [0, 0.1) is 5.82 Å². The molecule has 2 rings (SSSR count). The van der Waals surface area contributed by atoms with E-state index in [1.807, 2.05) is 36.2 Å². The molecule has 0 aliphatic rings. The number of likely N-dealkylation sites (N-methyl/N-ethyl adjacent to an activating group) is 1. The first-order chi connectivity index (χ1) is 12.5. The molecule has 0 amide bonds. The number of halogens is 1. The van der Waals surface area contributed by atoms with Gasteiger partial charge in [-0.05, 0) is 42.0 Å². The zero-order chi connectivity index (χ0) is 18.9. The molecule has 0 heterocycles. The molecule has 0 bridgehead atoms. The number of guanidine groups is 1. The van der Waals surface area contributed by atoms with Gasteiger partial charge in [-0.2, -0.15) is 0 Å². The Bertz CT molecular complexity index is 735. The Morgan fingerprint density at radius 1 is 1.19 bits per heavy atom. The minimum Gasteiger partial charge on any atom is -0.505 e. The highest BCUT2D eigenvalue weighted by Crippen LogP contribution is 2.17. The van der Waals surface area contributed by atoms with Gasteiger partial charge in [-0.15, -0.1) is 0 Å². The van der Waals surface area contributed by atoms with Crippen molar-refractivity contribution in [2.75, 3.05) is 34.4 Å². The summed E-state index contributed by atoms with van der Waals surface area (Å²) in [6, 6.07) is 11.7. The average Bonchev–Trinajstić information content (AvgIpc) is 2.65. The first-order valence-corrected chi connectivity index (χ1v) is 8.19. The van der Waals surface area contributed by atoms with Crippen LogP contribution in [-0.4, -0.2) is 50.3 Å². The van der Waals surface area contributed by atoms with Crippen molar-refractivity contribution in [3.63, 3.8) is 0 Å². The van der Waals surface area contributed by atoms with E-state index in [0.717, 1.165) is 11.5 Å². The Kier molecular flexibility index (Phi) is 7.08. The highest BCUT2D eigenvalue weighted by Gasteiger charge is 2.07. The molecule has 2 aromatic rings. The van der Waals surface area contributed by atoms with Gasteiger partial charge >= 0.3 is 0 Å². The fourth-order valence-corrected chi connectivity index (χ4v) is 2.30. The van der Waals surface area contributed by atoms with Crippen LogP contribution in [0.25, 0.3) is 0 Å². The number of rotatable bonds is 7. The SMILES string of the molecule is CN=C(NCc1ccc(O)c(F)c1)N(C)CCOc1ccc(OC)cc1. The molecule has 0 saturated heterocycles. The summed E-state index contributed by atoms with van der Waals surface area (Å²) in [4.78, 5) is 6.12. The third kappa shape index (κ3) is 5.54. The van der Waals surface area contributed by atoms with E-state index >= 15 is 0 Å². The number of ether oxygens (including phenoxy) is 2. The van der Waals surface area contributed by atoms with Gasteiger partial charge < -0.3 is 24.8 Å². The van der Waals surface area contributed by atoms with E-state index < -0.39 is 5.82 Å². The topological polar surface area (TPSA) is 66.3 Å². The molecule has 0 aliphatic carbocycles. The summed E-state index contributed by atoms with van der Waals surface area (Å²) >= 11 is 0. The molecule has 0 atom stereocenters. The van der Waals surface area contributed by atoms with E-state index in [1.54, 1.807) is 20.2 Å². The second kappa shape index (κ2) is 9.50. The predicted octanol–water partition coefficient (Wildman–Crippen LogP) is 2.63. The zero-order valence-electron chi connectivity index (χ0n) is 15.2. The summed E-state index contributed by atoms with van der Waals surface area (Å²) in [5, 5.41) is 12.4. The van der Waals surface area contributed by atoms with Gasteiger partial charge in [0.2, 0.25) is 0 Å². The maximum absolute atomic E-state index is 13.4. The lowest BCUT2D eigenvalue weighted by atomic mass is 10.2. The van der Waals surface area contributed by atoms with Crippen LogP contribution in [0.4, 0.5) is 4.39 Å². The maximum atomic E-state index is 13.4. The van der Waals surface area contributed by atoms with E-state index in [9.17, 15) is 9.50 Å². The number of phenolic OH excluding ortho intramolecular Hbond substituents is 1. The molecule has 2 N–H and O–H groups in total.